The second kappa shape index (κ2) is 12.2. The standard InChI is InChI=1S/C28H43N3O4/c1-2-3-15-31-26(33)25(20-22-7-5-4-6-8-22)29-27(34)28(31)13-16-30(17-14-28)21-23-9-11-24(12-10-23)35-19-18-32/h9-12,22,25,32H,2-8,13-21H2,1H3,(H,29,34)/t25-/m0/s1. The van der Waals surface area contributed by atoms with Gasteiger partial charge in [0.05, 0.1) is 6.61 Å². The van der Waals surface area contributed by atoms with Gasteiger partial charge in [-0.25, -0.2) is 0 Å². The summed E-state index contributed by atoms with van der Waals surface area (Å²) in [5.41, 5.74) is 0.491. The quantitative estimate of drug-likeness (QED) is 0.530. The van der Waals surface area contributed by atoms with Gasteiger partial charge in [-0.2, -0.15) is 0 Å². The number of unbranched alkanes of at least 4 members (excludes halogenated alkanes) is 1. The first-order valence-electron chi connectivity index (χ1n) is 13.7. The number of likely N-dealkylation sites (tertiary alicyclic amines) is 1. The van der Waals surface area contributed by atoms with E-state index in [4.69, 9.17) is 9.84 Å². The fourth-order valence-corrected chi connectivity index (χ4v) is 6.12. The molecule has 194 valence electrons. The number of carbonyl (C=O) groups excluding carboxylic acids is 2. The van der Waals surface area contributed by atoms with Crippen LogP contribution in [0.5, 0.6) is 5.75 Å². The number of hydrogen-bond acceptors (Lipinski definition) is 5. The summed E-state index contributed by atoms with van der Waals surface area (Å²) in [6.07, 6.45) is 10.3. The zero-order valence-electron chi connectivity index (χ0n) is 21.3. The first-order valence-corrected chi connectivity index (χ1v) is 13.7. The van der Waals surface area contributed by atoms with Crippen LogP contribution in [0, 0.1) is 5.92 Å². The fraction of sp³-hybridized carbons (Fsp3) is 0.714. The van der Waals surface area contributed by atoms with Crippen molar-refractivity contribution in [2.45, 2.75) is 89.3 Å². The Kier molecular flexibility index (Phi) is 9.06. The molecule has 35 heavy (non-hydrogen) atoms. The molecule has 2 heterocycles. The minimum Gasteiger partial charge on any atom is -0.491 e. The van der Waals surface area contributed by atoms with Crippen molar-refractivity contribution in [3.63, 3.8) is 0 Å². The summed E-state index contributed by atoms with van der Waals surface area (Å²) in [5, 5.41) is 12.1. The van der Waals surface area contributed by atoms with Crippen LogP contribution in [0.3, 0.4) is 0 Å². The van der Waals surface area contributed by atoms with Crippen molar-refractivity contribution in [2.75, 3.05) is 32.8 Å². The number of piperidine rings is 1. The average molecular weight is 486 g/mol. The number of hydrogen-bond donors (Lipinski definition) is 2. The van der Waals surface area contributed by atoms with Crippen LogP contribution in [0.2, 0.25) is 0 Å². The van der Waals surface area contributed by atoms with Crippen LogP contribution in [0.25, 0.3) is 0 Å². The third-order valence-electron chi connectivity index (χ3n) is 8.21. The van der Waals surface area contributed by atoms with E-state index < -0.39 is 5.54 Å². The maximum absolute atomic E-state index is 13.7. The lowest BCUT2D eigenvalue weighted by Gasteiger charge is -2.52. The number of nitrogens with zero attached hydrogens (tertiary/aromatic N) is 2. The molecule has 0 radical (unpaired) electrons. The van der Waals surface area contributed by atoms with Crippen molar-refractivity contribution < 1.29 is 19.4 Å². The molecule has 7 heteroatoms. The zero-order valence-corrected chi connectivity index (χ0v) is 21.3. The van der Waals surface area contributed by atoms with E-state index >= 15 is 0 Å². The maximum Gasteiger partial charge on any atom is 0.246 e. The maximum atomic E-state index is 13.7. The Morgan fingerprint density at radius 1 is 1.09 bits per heavy atom. The molecule has 4 rings (SSSR count). The highest BCUT2D eigenvalue weighted by Gasteiger charge is 2.53. The number of amides is 2. The van der Waals surface area contributed by atoms with E-state index in [-0.39, 0.29) is 24.5 Å². The Bertz CT molecular complexity index is 829. The van der Waals surface area contributed by atoms with Gasteiger partial charge in [0.1, 0.15) is 23.9 Å². The van der Waals surface area contributed by atoms with Crippen LogP contribution >= 0.6 is 0 Å². The Morgan fingerprint density at radius 2 is 1.80 bits per heavy atom. The van der Waals surface area contributed by atoms with E-state index in [1.165, 1.54) is 37.7 Å². The van der Waals surface area contributed by atoms with Gasteiger partial charge >= 0.3 is 0 Å². The van der Waals surface area contributed by atoms with Gasteiger partial charge in [-0.3, -0.25) is 14.5 Å². The van der Waals surface area contributed by atoms with Crippen molar-refractivity contribution in [1.29, 1.82) is 0 Å². The van der Waals surface area contributed by atoms with Crippen LogP contribution < -0.4 is 10.1 Å². The van der Waals surface area contributed by atoms with Crippen LogP contribution in [-0.2, 0) is 16.1 Å². The summed E-state index contributed by atoms with van der Waals surface area (Å²) in [6.45, 7) is 5.51. The highest BCUT2D eigenvalue weighted by Crippen LogP contribution is 2.36. The molecule has 1 aromatic carbocycles. The van der Waals surface area contributed by atoms with Crippen molar-refractivity contribution >= 4 is 11.8 Å². The van der Waals surface area contributed by atoms with Gasteiger partial charge in [0.2, 0.25) is 11.8 Å². The molecule has 0 aromatic heterocycles. The molecule has 1 aromatic rings. The smallest absolute Gasteiger partial charge is 0.246 e. The van der Waals surface area contributed by atoms with E-state index in [0.717, 1.165) is 44.6 Å². The van der Waals surface area contributed by atoms with E-state index in [1.807, 2.05) is 17.0 Å². The molecule has 7 nitrogen and oxygen atoms in total. The summed E-state index contributed by atoms with van der Waals surface area (Å²) in [6, 6.07) is 7.62. The normalized spacial score (nSPS) is 23.5. The summed E-state index contributed by atoms with van der Waals surface area (Å²) in [7, 11) is 0. The Balaban J connectivity index is 1.39. The van der Waals surface area contributed by atoms with E-state index in [9.17, 15) is 9.59 Å². The lowest BCUT2D eigenvalue weighted by Crippen LogP contribution is -2.73. The Hall–Kier alpha value is -2.12. The van der Waals surface area contributed by atoms with Gasteiger partial charge in [-0.15, -0.1) is 0 Å². The number of benzene rings is 1. The van der Waals surface area contributed by atoms with Crippen molar-refractivity contribution in [2.24, 2.45) is 5.92 Å². The molecule has 1 atom stereocenters. The second-order valence-corrected chi connectivity index (χ2v) is 10.6. The minimum atomic E-state index is -0.701. The number of nitrogens with one attached hydrogen (secondary N) is 1. The van der Waals surface area contributed by atoms with Gasteiger partial charge in [-0.1, -0.05) is 57.6 Å². The summed E-state index contributed by atoms with van der Waals surface area (Å²) in [4.78, 5) is 31.6. The molecule has 3 aliphatic rings. The average Bonchev–Trinajstić information content (AvgIpc) is 2.89. The molecule has 0 bridgehead atoms. The molecular formula is C28H43N3O4. The molecule has 1 spiro atoms. The van der Waals surface area contributed by atoms with Crippen LogP contribution in [0.4, 0.5) is 0 Å². The number of ether oxygens (including phenoxy) is 1. The fourth-order valence-electron chi connectivity index (χ4n) is 6.12. The largest absolute Gasteiger partial charge is 0.491 e. The van der Waals surface area contributed by atoms with E-state index in [1.54, 1.807) is 0 Å². The number of aliphatic hydroxyl groups excluding tert-OH is 1. The highest BCUT2D eigenvalue weighted by molar-refractivity contribution is 6.00. The molecular weight excluding hydrogens is 442 g/mol. The molecule has 2 amide bonds. The molecule has 2 saturated heterocycles. The van der Waals surface area contributed by atoms with E-state index in [2.05, 4.69) is 29.3 Å². The lowest BCUT2D eigenvalue weighted by molar-refractivity contribution is -0.162. The van der Waals surface area contributed by atoms with Crippen molar-refractivity contribution in [3.8, 4) is 5.75 Å². The van der Waals surface area contributed by atoms with Crippen molar-refractivity contribution in [1.82, 2.24) is 15.1 Å². The number of aliphatic hydroxyl groups is 1. The second-order valence-electron chi connectivity index (χ2n) is 10.6. The van der Waals surface area contributed by atoms with Gasteiger partial charge < -0.3 is 20.1 Å². The third kappa shape index (κ3) is 6.18. The number of rotatable bonds is 10. The number of carbonyl (C=O) groups is 2. The summed E-state index contributed by atoms with van der Waals surface area (Å²) < 4.78 is 5.45. The molecule has 2 N–H and O–H groups in total. The van der Waals surface area contributed by atoms with Crippen LogP contribution in [0.1, 0.15) is 76.7 Å². The van der Waals surface area contributed by atoms with Crippen molar-refractivity contribution in [3.05, 3.63) is 29.8 Å². The van der Waals surface area contributed by atoms with Gasteiger partial charge in [0.15, 0.2) is 0 Å². The summed E-state index contributed by atoms with van der Waals surface area (Å²) in [5.74, 6) is 1.53. The van der Waals surface area contributed by atoms with Gasteiger partial charge in [0.25, 0.3) is 0 Å². The predicted molar refractivity (Wildman–Crippen MR) is 136 cm³/mol. The molecule has 2 aliphatic heterocycles. The number of piperazine rings is 1. The predicted octanol–water partition coefficient (Wildman–Crippen LogP) is 3.49. The molecule has 0 unspecified atom stereocenters. The van der Waals surface area contributed by atoms with Gasteiger partial charge in [-0.05, 0) is 49.3 Å². The Labute approximate surface area is 210 Å². The van der Waals surface area contributed by atoms with Crippen LogP contribution in [-0.4, -0.2) is 71.1 Å². The van der Waals surface area contributed by atoms with E-state index in [0.29, 0.717) is 31.9 Å². The first-order chi connectivity index (χ1) is 17.1. The first kappa shape index (κ1) is 26.0. The molecule has 3 fully saturated rings. The molecule has 1 saturated carbocycles. The third-order valence-corrected chi connectivity index (χ3v) is 8.21. The minimum absolute atomic E-state index is 0.00393. The SMILES string of the molecule is CCCCN1C(=O)[C@H](CC2CCCCC2)NC(=O)C12CCN(Cc1ccc(OCCO)cc1)CC2. The monoisotopic (exact) mass is 485 g/mol. The Morgan fingerprint density at radius 3 is 2.46 bits per heavy atom. The van der Waals surface area contributed by atoms with Gasteiger partial charge in [0, 0.05) is 26.2 Å². The topological polar surface area (TPSA) is 82.1 Å². The molecule has 1 aliphatic carbocycles. The van der Waals surface area contributed by atoms with Crippen LogP contribution in [0.15, 0.2) is 24.3 Å². The zero-order chi connectivity index (χ0) is 24.7. The summed E-state index contributed by atoms with van der Waals surface area (Å²) >= 11 is 0. The lowest BCUT2D eigenvalue weighted by atomic mass is 9.79. The highest BCUT2D eigenvalue weighted by atomic mass is 16.5.